The van der Waals surface area contributed by atoms with E-state index in [1.54, 1.807) is 0 Å². The van der Waals surface area contributed by atoms with Gasteiger partial charge in [-0.05, 0) is 50.2 Å². The van der Waals surface area contributed by atoms with Crippen molar-refractivity contribution in [1.29, 1.82) is 0 Å². The molecule has 2 heterocycles. The summed E-state index contributed by atoms with van der Waals surface area (Å²) in [5, 5.41) is 5.61. The fourth-order valence-electron chi connectivity index (χ4n) is 9.51. The van der Waals surface area contributed by atoms with E-state index >= 15 is 0 Å². The summed E-state index contributed by atoms with van der Waals surface area (Å²) in [6.07, 6.45) is 0. The largest absolute Gasteiger partial charge is 0.455 e. The van der Waals surface area contributed by atoms with Gasteiger partial charge in [-0.25, -0.2) is 9.97 Å². The molecule has 3 heteroatoms. The maximum Gasteiger partial charge on any atom is 0.160 e. The van der Waals surface area contributed by atoms with E-state index in [-0.39, 0.29) is 0 Å². The lowest BCUT2D eigenvalue weighted by Crippen LogP contribution is -2.32. The van der Waals surface area contributed by atoms with Gasteiger partial charge in [0.15, 0.2) is 5.82 Å². The van der Waals surface area contributed by atoms with Crippen LogP contribution in [0.15, 0.2) is 194 Å². The Morgan fingerprint density at radius 1 is 0.357 bits per heavy atom. The van der Waals surface area contributed by atoms with E-state index in [9.17, 15) is 0 Å². The third-order valence-electron chi connectivity index (χ3n) is 11.9. The Morgan fingerprint density at radius 3 is 1.66 bits per heavy atom. The second-order valence-corrected chi connectivity index (χ2v) is 14.8. The molecule has 0 saturated heterocycles. The molecule has 0 amide bonds. The molecule has 1 spiro atoms. The zero-order valence-electron chi connectivity index (χ0n) is 30.3. The van der Waals surface area contributed by atoms with E-state index in [2.05, 4.69) is 182 Å². The number of hydrogen-bond donors (Lipinski definition) is 0. The van der Waals surface area contributed by atoms with Gasteiger partial charge in [-0.2, -0.15) is 0 Å². The van der Waals surface area contributed by atoms with Gasteiger partial charge in [0, 0.05) is 38.4 Å². The van der Waals surface area contributed by atoms with Crippen LogP contribution in [0, 0.1) is 0 Å². The van der Waals surface area contributed by atoms with Gasteiger partial charge >= 0.3 is 0 Å². The third-order valence-corrected chi connectivity index (χ3v) is 11.9. The van der Waals surface area contributed by atoms with Crippen molar-refractivity contribution in [1.82, 2.24) is 9.97 Å². The summed E-state index contributed by atoms with van der Waals surface area (Å²) < 4.78 is 7.14. The number of nitrogens with zero attached hydrogens (tertiary/aromatic N) is 2. The normalized spacial score (nSPS) is 13.3. The second kappa shape index (κ2) is 11.8. The number of rotatable bonds is 3. The molecule has 1 aliphatic heterocycles. The number of ether oxygens (including phenoxy) is 1. The minimum atomic E-state index is -0.592. The van der Waals surface area contributed by atoms with Crippen molar-refractivity contribution < 1.29 is 4.74 Å². The van der Waals surface area contributed by atoms with Crippen LogP contribution in [0.4, 0.5) is 0 Å². The molecule has 2 aliphatic rings. The Kier molecular flexibility index (Phi) is 6.55. The molecule has 12 rings (SSSR count). The van der Waals surface area contributed by atoms with Crippen molar-refractivity contribution in [3.63, 3.8) is 0 Å². The Morgan fingerprint density at radius 2 is 0.929 bits per heavy atom. The Balaban J connectivity index is 1.08. The average molecular weight is 713 g/mol. The fourth-order valence-corrected chi connectivity index (χ4v) is 9.51. The summed E-state index contributed by atoms with van der Waals surface area (Å²) in [5.41, 5.74) is 13.0. The van der Waals surface area contributed by atoms with E-state index in [1.807, 2.05) is 12.1 Å². The molecule has 10 aromatic rings. The van der Waals surface area contributed by atoms with Crippen LogP contribution in [-0.2, 0) is 5.41 Å². The lowest BCUT2D eigenvalue weighted by Gasteiger charge is -2.40. The first-order valence-corrected chi connectivity index (χ1v) is 19.2. The first-order valence-electron chi connectivity index (χ1n) is 19.2. The van der Waals surface area contributed by atoms with Gasteiger partial charge in [-0.3, -0.25) is 0 Å². The van der Waals surface area contributed by atoms with Crippen LogP contribution in [0.3, 0.4) is 0 Å². The quantitative estimate of drug-likeness (QED) is 0.183. The van der Waals surface area contributed by atoms with Gasteiger partial charge in [-0.15, -0.1) is 0 Å². The number of hydrogen-bond acceptors (Lipinski definition) is 3. The van der Waals surface area contributed by atoms with Crippen LogP contribution in [0.2, 0.25) is 0 Å². The fraction of sp³-hybridized carbons (Fsp3) is 0.0189. The van der Waals surface area contributed by atoms with Crippen LogP contribution in [0.1, 0.15) is 22.3 Å². The summed E-state index contributed by atoms with van der Waals surface area (Å²) in [4.78, 5) is 10.2. The van der Waals surface area contributed by atoms with Gasteiger partial charge < -0.3 is 4.74 Å². The molecule has 9 aromatic carbocycles. The van der Waals surface area contributed by atoms with Crippen LogP contribution in [0.25, 0.3) is 77.3 Å². The van der Waals surface area contributed by atoms with E-state index in [0.29, 0.717) is 5.82 Å². The molecule has 3 nitrogen and oxygen atoms in total. The summed E-state index contributed by atoms with van der Waals surface area (Å²) >= 11 is 0. The monoisotopic (exact) mass is 712 g/mol. The molecule has 56 heavy (non-hydrogen) atoms. The zero-order valence-corrected chi connectivity index (χ0v) is 30.3. The summed E-state index contributed by atoms with van der Waals surface area (Å²) in [5.74, 6) is 2.57. The highest BCUT2D eigenvalue weighted by Crippen LogP contribution is 2.65. The highest BCUT2D eigenvalue weighted by atomic mass is 16.5. The SMILES string of the molecule is c1ccc(-c2nc(-c3ccc(-c4cccc5c4-c4ccccc4C54c5ccc6ccccc6c5Oc5c4ccc4ccccc54)cc3)nc3ccccc23)cc1. The van der Waals surface area contributed by atoms with Crippen molar-refractivity contribution in [3.05, 3.63) is 216 Å². The molecule has 0 unspecified atom stereocenters. The Bertz CT molecular complexity index is 3140. The molecular formula is C53H32N2O. The number of para-hydroxylation sites is 1. The van der Waals surface area contributed by atoms with Crippen molar-refractivity contribution in [2.45, 2.75) is 5.41 Å². The molecule has 1 aliphatic carbocycles. The van der Waals surface area contributed by atoms with Gasteiger partial charge in [0.2, 0.25) is 0 Å². The maximum absolute atomic E-state index is 7.14. The molecule has 0 saturated carbocycles. The standard InChI is InChI=1S/C53H32N2O/c1-2-15-36(16-3-1)49-42-20-9-11-24-47(42)54-52(55-49)37-27-25-35(26-28-37)38-21-12-23-44-48(38)41-19-8-10-22-43(41)53(44)45-31-29-33-13-4-6-17-39(33)50(45)56-51-40-18-7-5-14-34(40)30-32-46(51)53/h1-32H. The second-order valence-electron chi connectivity index (χ2n) is 14.8. The molecule has 0 atom stereocenters. The predicted molar refractivity (Wildman–Crippen MR) is 228 cm³/mol. The molecular weight excluding hydrogens is 681 g/mol. The lowest BCUT2D eigenvalue weighted by molar-refractivity contribution is 0.447. The predicted octanol–water partition coefficient (Wildman–Crippen LogP) is 13.4. The van der Waals surface area contributed by atoms with E-state index in [1.165, 1.54) is 38.9 Å². The summed E-state index contributed by atoms with van der Waals surface area (Å²) in [6.45, 7) is 0. The Labute approximate surface area is 324 Å². The van der Waals surface area contributed by atoms with Crippen LogP contribution >= 0.6 is 0 Å². The first-order chi connectivity index (χ1) is 27.8. The van der Waals surface area contributed by atoms with E-state index in [0.717, 1.165) is 66.3 Å². The van der Waals surface area contributed by atoms with E-state index < -0.39 is 5.41 Å². The van der Waals surface area contributed by atoms with Crippen molar-refractivity contribution in [3.8, 4) is 56.4 Å². The highest BCUT2D eigenvalue weighted by molar-refractivity contribution is 6.02. The molecule has 0 N–H and O–H groups in total. The van der Waals surface area contributed by atoms with Crippen molar-refractivity contribution in [2.24, 2.45) is 0 Å². The molecule has 0 bridgehead atoms. The van der Waals surface area contributed by atoms with Crippen LogP contribution in [-0.4, -0.2) is 9.97 Å². The number of benzene rings is 9. The smallest absolute Gasteiger partial charge is 0.160 e. The summed E-state index contributed by atoms with van der Waals surface area (Å²) in [7, 11) is 0. The topological polar surface area (TPSA) is 35.0 Å². The lowest BCUT2D eigenvalue weighted by atomic mass is 9.65. The minimum absolute atomic E-state index is 0.592. The maximum atomic E-state index is 7.14. The highest BCUT2D eigenvalue weighted by Gasteiger charge is 2.52. The number of fused-ring (bicyclic) bond motifs is 14. The van der Waals surface area contributed by atoms with Gasteiger partial charge in [0.05, 0.1) is 16.6 Å². The number of aromatic nitrogens is 2. The minimum Gasteiger partial charge on any atom is -0.455 e. The van der Waals surface area contributed by atoms with Crippen molar-refractivity contribution in [2.75, 3.05) is 0 Å². The third kappa shape index (κ3) is 4.28. The van der Waals surface area contributed by atoms with Crippen molar-refractivity contribution >= 4 is 32.4 Å². The van der Waals surface area contributed by atoms with Gasteiger partial charge in [-0.1, -0.05) is 188 Å². The average Bonchev–Trinajstić information content (AvgIpc) is 3.57. The van der Waals surface area contributed by atoms with Gasteiger partial charge in [0.1, 0.15) is 11.5 Å². The van der Waals surface area contributed by atoms with E-state index in [4.69, 9.17) is 14.7 Å². The molecule has 0 fully saturated rings. The van der Waals surface area contributed by atoms with Crippen LogP contribution < -0.4 is 4.74 Å². The van der Waals surface area contributed by atoms with Gasteiger partial charge in [0.25, 0.3) is 0 Å². The molecule has 1 aromatic heterocycles. The molecule has 0 radical (unpaired) electrons. The van der Waals surface area contributed by atoms with Crippen LogP contribution in [0.5, 0.6) is 11.5 Å². The first kappa shape index (κ1) is 31.0. The Hall–Kier alpha value is -7.36. The summed E-state index contributed by atoms with van der Waals surface area (Å²) in [6, 6.07) is 69.5. The molecule has 260 valence electrons. The zero-order chi connectivity index (χ0) is 36.8.